The largest absolute Gasteiger partial charge is 0.344 e. The van der Waals surface area contributed by atoms with Crippen LogP contribution in [0.1, 0.15) is 28.3 Å². The normalized spacial score (nSPS) is 12.1. The molecular weight excluding hydrogens is 500 g/mol. The molecule has 4 aromatic carbocycles. The third-order valence-electron chi connectivity index (χ3n) is 6.19. The monoisotopic (exact) mass is 530 g/mol. The van der Waals surface area contributed by atoms with Gasteiger partial charge in [-0.25, -0.2) is 8.42 Å². The van der Waals surface area contributed by atoms with E-state index in [2.05, 4.69) is 5.32 Å². The number of hydrogen-bond donors (Lipinski definition) is 1. The number of amides is 1. The van der Waals surface area contributed by atoms with Gasteiger partial charge in [0.2, 0.25) is 5.91 Å². The van der Waals surface area contributed by atoms with Crippen molar-refractivity contribution in [3.05, 3.63) is 125 Å². The van der Waals surface area contributed by atoms with Crippen LogP contribution < -0.4 is 9.62 Å². The second-order valence-corrected chi connectivity index (χ2v) is 11.5. The fourth-order valence-electron chi connectivity index (χ4n) is 4.13. The van der Waals surface area contributed by atoms with Gasteiger partial charge in [0.25, 0.3) is 10.0 Å². The molecule has 0 bridgehead atoms. The Kier molecular flexibility index (Phi) is 8.36. The Balaban J connectivity index is 1.69. The van der Waals surface area contributed by atoms with Crippen molar-refractivity contribution in [2.75, 3.05) is 17.1 Å². The van der Waals surface area contributed by atoms with Gasteiger partial charge in [0.15, 0.2) is 0 Å². The minimum absolute atomic E-state index is 0.136. The molecule has 4 rings (SSSR count). The lowest BCUT2D eigenvalue weighted by Gasteiger charge is -2.27. The highest BCUT2D eigenvalue weighted by molar-refractivity contribution is 7.98. The van der Waals surface area contributed by atoms with Crippen LogP contribution in [0.15, 0.2) is 113 Å². The smallest absolute Gasteiger partial charge is 0.264 e. The third kappa shape index (κ3) is 6.24. The summed E-state index contributed by atoms with van der Waals surface area (Å²) in [6.45, 7) is 3.58. The Morgan fingerprint density at radius 3 is 2.08 bits per heavy atom. The van der Waals surface area contributed by atoms with Crippen LogP contribution in [0.2, 0.25) is 0 Å². The average molecular weight is 531 g/mol. The van der Waals surface area contributed by atoms with Crippen LogP contribution in [0, 0.1) is 13.8 Å². The topological polar surface area (TPSA) is 66.5 Å². The number of rotatable bonds is 9. The van der Waals surface area contributed by atoms with Gasteiger partial charge in [0, 0.05) is 4.90 Å². The lowest BCUT2D eigenvalue weighted by Crippen LogP contribution is -2.42. The first-order valence-corrected chi connectivity index (χ1v) is 14.6. The van der Waals surface area contributed by atoms with E-state index < -0.39 is 22.0 Å². The summed E-state index contributed by atoms with van der Waals surface area (Å²) < 4.78 is 28.7. The van der Waals surface area contributed by atoms with Crippen LogP contribution in [-0.4, -0.2) is 27.1 Å². The van der Waals surface area contributed by atoms with Crippen molar-refractivity contribution < 1.29 is 13.2 Å². The lowest BCUT2D eigenvalue weighted by atomic mass is 9.95. The Morgan fingerprint density at radius 1 is 0.838 bits per heavy atom. The molecule has 4 aromatic rings. The molecule has 0 saturated heterocycles. The number of benzene rings is 4. The zero-order chi connectivity index (χ0) is 26.4. The molecule has 0 fully saturated rings. The maximum absolute atomic E-state index is 13.8. The number of thioether (sulfide) groups is 1. The molecule has 0 spiro atoms. The Hall–Kier alpha value is -3.55. The van der Waals surface area contributed by atoms with E-state index >= 15 is 0 Å². The molecule has 0 saturated carbocycles. The van der Waals surface area contributed by atoms with Crippen molar-refractivity contribution in [1.82, 2.24) is 5.32 Å². The van der Waals surface area contributed by atoms with Crippen LogP contribution in [0.5, 0.6) is 0 Å². The van der Waals surface area contributed by atoms with Gasteiger partial charge >= 0.3 is 0 Å². The summed E-state index contributed by atoms with van der Waals surface area (Å²) in [4.78, 5) is 14.6. The molecule has 1 atom stereocenters. The first kappa shape index (κ1) is 26.5. The minimum atomic E-state index is -4.00. The summed E-state index contributed by atoms with van der Waals surface area (Å²) in [5, 5.41) is 3.10. The maximum Gasteiger partial charge on any atom is 0.264 e. The summed E-state index contributed by atoms with van der Waals surface area (Å²) >= 11 is 1.54. The molecule has 1 N–H and O–H groups in total. The van der Waals surface area contributed by atoms with E-state index in [9.17, 15) is 13.2 Å². The Bertz CT molecular complexity index is 1450. The lowest BCUT2D eigenvalue weighted by molar-refractivity contribution is -0.120. The van der Waals surface area contributed by atoms with E-state index in [1.165, 1.54) is 16.1 Å². The summed E-state index contributed by atoms with van der Waals surface area (Å²) in [5.41, 5.74) is 4.34. The van der Waals surface area contributed by atoms with Gasteiger partial charge < -0.3 is 5.32 Å². The highest BCUT2D eigenvalue weighted by atomic mass is 32.2. The number of carbonyl (C=O) groups excluding carboxylic acids is 1. The van der Waals surface area contributed by atoms with Crippen LogP contribution in [-0.2, 0) is 14.8 Å². The van der Waals surface area contributed by atoms with Gasteiger partial charge in [-0.15, -0.1) is 11.8 Å². The molecule has 0 aliphatic heterocycles. The number of aryl methyl sites for hydroxylation is 2. The van der Waals surface area contributed by atoms with Crippen molar-refractivity contribution in [2.24, 2.45) is 0 Å². The van der Waals surface area contributed by atoms with Crippen molar-refractivity contribution >= 4 is 33.4 Å². The van der Waals surface area contributed by atoms with Crippen molar-refractivity contribution in [3.63, 3.8) is 0 Å². The summed E-state index contributed by atoms with van der Waals surface area (Å²) in [5.74, 6) is -0.401. The van der Waals surface area contributed by atoms with Crippen LogP contribution in [0.4, 0.5) is 5.69 Å². The molecule has 0 aromatic heterocycles. The molecule has 7 heteroatoms. The summed E-state index contributed by atoms with van der Waals surface area (Å²) in [6, 6.07) is 31.0. The minimum Gasteiger partial charge on any atom is -0.344 e. The van der Waals surface area contributed by atoms with Gasteiger partial charge in [-0.2, -0.15) is 0 Å². The summed E-state index contributed by atoms with van der Waals surface area (Å²) in [6.07, 6.45) is 1.93. The number of sulfonamides is 1. The SMILES string of the molecule is CSc1ccc(S(=O)(=O)N(CC(=O)NC(c2ccccc2)c2ccccc2C)c2ccc(C)cc2)cc1. The fraction of sp³-hybridized carbons (Fsp3) is 0.167. The molecule has 5 nitrogen and oxygen atoms in total. The van der Waals surface area contributed by atoms with E-state index in [0.29, 0.717) is 5.69 Å². The molecule has 0 aliphatic rings. The van der Waals surface area contributed by atoms with Crippen molar-refractivity contribution in [3.8, 4) is 0 Å². The quantitative estimate of drug-likeness (QED) is 0.265. The zero-order valence-electron chi connectivity index (χ0n) is 21.1. The van der Waals surface area contributed by atoms with Crippen LogP contribution in [0.3, 0.4) is 0 Å². The average Bonchev–Trinajstić information content (AvgIpc) is 2.92. The van der Waals surface area contributed by atoms with Crippen molar-refractivity contribution in [1.29, 1.82) is 0 Å². The van der Waals surface area contributed by atoms with Gasteiger partial charge in [0.1, 0.15) is 6.54 Å². The van der Waals surface area contributed by atoms with Gasteiger partial charge in [-0.3, -0.25) is 9.10 Å². The number of anilines is 1. The number of nitrogens with zero attached hydrogens (tertiary/aromatic N) is 1. The molecule has 0 aliphatic carbocycles. The number of hydrogen-bond acceptors (Lipinski definition) is 4. The Morgan fingerprint density at radius 2 is 1.46 bits per heavy atom. The van der Waals surface area contributed by atoms with Gasteiger partial charge in [0.05, 0.1) is 16.6 Å². The predicted molar refractivity (Wildman–Crippen MR) is 152 cm³/mol. The molecular formula is C30H30N2O3S2. The maximum atomic E-state index is 13.8. The fourth-order valence-corrected chi connectivity index (χ4v) is 5.96. The summed E-state index contributed by atoms with van der Waals surface area (Å²) in [7, 11) is -4.00. The highest BCUT2D eigenvalue weighted by Crippen LogP contribution is 2.28. The molecule has 0 radical (unpaired) electrons. The first-order chi connectivity index (χ1) is 17.8. The Labute approximate surface area is 223 Å². The van der Waals surface area contributed by atoms with E-state index in [0.717, 1.165) is 27.1 Å². The molecule has 37 heavy (non-hydrogen) atoms. The number of carbonyl (C=O) groups is 1. The molecule has 1 unspecified atom stereocenters. The van der Waals surface area contributed by atoms with Crippen molar-refractivity contribution in [2.45, 2.75) is 29.7 Å². The van der Waals surface area contributed by atoms with Crippen LogP contribution >= 0.6 is 11.8 Å². The number of nitrogens with one attached hydrogen (secondary N) is 1. The predicted octanol–water partition coefficient (Wildman–Crippen LogP) is 6.13. The molecule has 0 heterocycles. The third-order valence-corrected chi connectivity index (χ3v) is 8.73. The second-order valence-electron chi connectivity index (χ2n) is 8.79. The molecule has 1 amide bonds. The second kappa shape index (κ2) is 11.7. The van der Waals surface area contributed by atoms with Crippen LogP contribution in [0.25, 0.3) is 0 Å². The van der Waals surface area contributed by atoms with Gasteiger partial charge in [-0.1, -0.05) is 72.3 Å². The van der Waals surface area contributed by atoms with Gasteiger partial charge in [-0.05, 0) is 73.2 Å². The zero-order valence-corrected chi connectivity index (χ0v) is 22.7. The van der Waals surface area contributed by atoms with E-state index in [-0.39, 0.29) is 11.4 Å². The molecule has 190 valence electrons. The van der Waals surface area contributed by atoms with E-state index in [1.807, 2.05) is 86.8 Å². The first-order valence-electron chi connectivity index (χ1n) is 11.9. The standard InChI is InChI=1S/C30H30N2O3S2/c1-22-13-15-25(16-14-22)32(37(34,35)27-19-17-26(36-3)18-20-27)21-29(33)31-30(24-10-5-4-6-11-24)28-12-8-7-9-23(28)2/h4-20,30H,21H2,1-3H3,(H,31,33). The van der Waals surface area contributed by atoms with E-state index in [1.54, 1.807) is 36.4 Å². The highest BCUT2D eigenvalue weighted by Gasteiger charge is 2.28. The van der Waals surface area contributed by atoms with E-state index in [4.69, 9.17) is 0 Å².